The molecule has 0 fully saturated rings. The summed E-state index contributed by atoms with van der Waals surface area (Å²) >= 11 is 12.6. The second-order valence-electron chi connectivity index (χ2n) is 5.70. The normalized spacial score (nSPS) is 11.3. The number of nitrogens with two attached hydrogens (primary N) is 1. The molecule has 2 aromatic heterocycles. The summed E-state index contributed by atoms with van der Waals surface area (Å²) in [5.41, 5.74) is 10.8. The van der Waals surface area contributed by atoms with Crippen molar-refractivity contribution < 1.29 is 0 Å². The summed E-state index contributed by atoms with van der Waals surface area (Å²) in [5.74, 6) is 0. The highest BCUT2D eigenvalue weighted by Gasteiger charge is 2.17. The van der Waals surface area contributed by atoms with Crippen LogP contribution in [-0.4, -0.2) is 16.5 Å². The molecule has 0 aliphatic carbocycles. The Morgan fingerprint density at radius 2 is 2.04 bits per heavy atom. The standard InChI is InChI=1S/C18H19Cl2N3/c1-11-9-12(19)10-14-13(5-2-3-7-21)17(23-16(11)14)18-15(20)6-4-8-22-18/h4,6,8-10,23H,2-3,5,7,21H2,1H3. The molecular weight excluding hydrogens is 329 g/mol. The lowest BCUT2D eigenvalue weighted by molar-refractivity contribution is 0.748. The van der Waals surface area contributed by atoms with Gasteiger partial charge < -0.3 is 10.7 Å². The van der Waals surface area contributed by atoms with E-state index in [1.54, 1.807) is 6.20 Å². The first-order valence-corrected chi connectivity index (χ1v) is 8.49. The van der Waals surface area contributed by atoms with Crippen molar-refractivity contribution in [3.05, 3.63) is 51.6 Å². The first kappa shape index (κ1) is 16.3. The van der Waals surface area contributed by atoms with Crippen molar-refractivity contribution in [2.45, 2.75) is 26.2 Å². The van der Waals surface area contributed by atoms with Crippen molar-refractivity contribution in [2.75, 3.05) is 6.54 Å². The van der Waals surface area contributed by atoms with E-state index in [0.29, 0.717) is 11.6 Å². The van der Waals surface area contributed by atoms with E-state index in [0.717, 1.165) is 52.1 Å². The Balaban J connectivity index is 2.21. The van der Waals surface area contributed by atoms with Crippen LogP contribution in [0.1, 0.15) is 24.0 Å². The number of nitrogens with zero attached hydrogens (tertiary/aromatic N) is 1. The molecule has 0 unspecified atom stereocenters. The van der Waals surface area contributed by atoms with Crippen LogP contribution in [0, 0.1) is 6.92 Å². The molecule has 0 saturated carbocycles. The largest absolute Gasteiger partial charge is 0.353 e. The third-order valence-electron chi connectivity index (χ3n) is 4.05. The molecule has 0 amide bonds. The predicted octanol–water partition coefficient (Wildman–Crippen LogP) is 5.13. The van der Waals surface area contributed by atoms with Gasteiger partial charge in [-0.05, 0) is 68.1 Å². The van der Waals surface area contributed by atoms with Crippen LogP contribution in [0.2, 0.25) is 10.0 Å². The molecule has 5 heteroatoms. The van der Waals surface area contributed by atoms with E-state index < -0.39 is 0 Å². The molecule has 3 nitrogen and oxygen atoms in total. The lowest BCUT2D eigenvalue weighted by Crippen LogP contribution is -1.99. The van der Waals surface area contributed by atoms with Crippen LogP contribution in [0.3, 0.4) is 0 Å². The summed E-state index contributed by atoms with van der Waals surface area (Å²) in [6.45, 7) is 2.75. The lowest BCUT2D eigenvalue weighted by atomic mass is 10.0. The SMILES string of the molecule is Cc1cc(Cl)cc2c(CCCCN)c(-c3ncccc3Cl)[nH]c12. The van der Waals surface area contributed by atoms with Crippen LogP contribution >= 0.6 is 23.2 Å². The number of fused-ring (bicyclic) bond motifs is 1. The number of pyridine rings is 1. The predicted molar refractivity (Wildman–Crippen MR) is 98.3 cm³/mol. The molecular formula is C18H19Cl2N3. The summed E-state index contributed by atoms with van der Waals surface area (Å²) < 4.78 is 0. The minimum Gasteiger partial charge on any atom is -0.353 e. The zero-order chi connectivity index (χ0) is 16.4. The number of rotatable bonds is 5. The van der Waals surface area contributed by atoms with E-state index in [4.69, 9.17) is 28.9 Å². The van der Waals surface area contributed by atoms with Crippen molar-refractivity contribution in [1.82, 2.24) is 9.97 Å². The number of halogens is 2. The van der Waals surface area contributed by atoms with Gasteiger partial charge in [0.2, 0.25) is 0 Å². The Morgan fingerprint density at radius 1 is 1.22 bits per heavy atom. The van der Waals surface area contributed by atoms with Gasteiger partial charge in [0.1, 0.15) is 5.69 Å². The average Bonchev–Trinajstić information content (AvgIpc) is 2.87. The average molecular weight is 348 g/mol. The Hall–Kier alpha value is -1.55. The van der Waals surface area contributed by atoms with Crippen molar-refractivity contribution in [3.8, 4) is 11.4 Å². The minimum absolute atomic E-state index is 0.642. The van der Waals surface area contributed by atoms with Gasteiger partial charge in [-0.3, -0.25) is 4.98 Å². The van der Waals surface area contributed by atoms with E-state index in [1.807, 2.05) is 24.3 Å². The van der Waals surface area contributed by atoms with Crippen molar-refractivity contribution >= 4 is 34.1 Å². The Bertz CT molecular complexity index is 840. The van der Waals surface area contributed by atoms with Crippen LogP contribution in [0.15, 0.2) is 30.5 Å². The summed E-state index contributed by atoms with van der Waals surface area (Å²) in [6.07, 6.45) is 4.68. The maximum atomic E-state index is 6.36. The quantitative estimate of drug-likeness (QED) is 0.628. The van der Waals surface area contributed by atoms with Crippen molar-refractivity contribution in [1.29, 1.82) is 0 Å². The summed E-state index contributed by atoms with van der Waals surface area (Å²) in [7, 11) is 0. The van der Waals surface area contributed by atoms with Gasteiger partial charge in [-0.25, -0.2) is 0 Å². The number of benzene rings is 1. The third-order valence-corrected chi connectivity index (χ3v) is 4.58. The molecule has 23 heavy (non-hydrogen) atoms. The highest BCUT2D eigenvalue weighted by Crippen LogP contribution is 2.36. The zero-order valence-corrected chi connectivity index (χ0v) is 14.5. The molecule has 120 valence electrons. The maximum absolute atomic E-state index is 6.36. The Kier molecular flexibility index (Phi) is 4.90. The fourth-order valence-corrected chi connectivity index (χ4v) is 3.45. The Morgan fingerprint density at radius 3 is 2.78 bits per heavy atom. The van der Waals surface area contributed by atoms with Gasteiger partial charge in [0.25, 0.3) is 0 Å². The van der Waals surface area contributed by atoms with Crippen molar-refractivity contribution in [3.63, 3.8) is 0 Å². The monoisotopic (exact) mass is 347 g/mol. The molecule has 0 aliphatic rings. The van der Waals surface area contributed by atoms with E-state index in [1.165, 1.54) is 5.56 Å². The smallest absolute Gasteiger partial charge is 0.105 e. The Labute approximate surface area is 145 Å². The third kappa shape index (κ3) is 3.23. The second kappa shape index (κ2) is 6.91. The first-order valence-electron chi connectivity index (χ1n) is 7.73. The number of hydrogen-bond acceptors (Lipinski definition) is 2. The van der Waals surface area contributed by atoms with E-state index in [-0.39, 0.29) is 0 Å². The summed E-state index contributed by atoms with van der Waals surface area (Å²) in [6, 6.07) is 7.68. The van der Waals surface area contributed by atoms with Gasteiger partial charge in [-0.2, -0.15) is 0 Å². The van der Waals surface area contributed by atoms with Gasteiger partial charge in [-0.1, -0.05) is 23.2 Å². The molecule has 0 aliphatic heterocycles. The molecule has 3 aromatic rings. The molecule has 0 saturated heterocycles. The molecule has 0 bridgehead atoms. The number of H-pyrrole nitrogens is 1. The molecule has 0 atom stereocenters. The zero-order valence-electron chi connectivity index (χ0n) is 13.0. The van der Waals surface area contributed by atoms with Gasteiger partial charge in [0.15, 0.2) is 0 Å². The minimum atomic E-state index is 0.642. The number of unbranched alkanes of at least 4 members (excludes halogenated alkanes) is 1. The molecule has 3 N–H and O–H groups in total. The number of aryl methyl sites for hydroxylation is 2. The summed E-state index contributed by atoms with van der Waals surface area (Å²) in [5, 5.41) is 2.53. The van der Waals surface area contributed by atoms with E-state index in [9.17, 15) is 0 Å². The first-order chi connectivity index (χ1) is 11.1. The van der Waals surface area contributed by atoms with E-state index >= 15 is 0 Å². The molecule has 3 rings (SSSR count). The van der Waals surface area contributed by atoms with Crippen molar-refractivity contribution in [2.24, 2.45) is 5.73 Å². The lowest BCUT2D eigenvalue weighted by Gasteiger charge is -2.06. The molecule has 2 heterocycles. The van der Waals surface area contributed by atoms with Crippen LogP contribution in [0.5, 0.6) is 0 Å². The van der Waals surface area contributed by atoms with E-state index in [2.05, 4.69) is 16.9 Å². The number of aromatic amines is 1. The van der Waals surface area contributed by atoms with Gasteiger partial charge in [-0.15, -0.1) is 0 Å². The maximum Gasteiger partial charge on any atom is 0.105 e. The second-order valence-corrected chi connectivity index (χ2v) is 6.55. The van der Waals surface area contributed by atoms with Crippen LogP contribution in [0.25, 0.3) is 22.3 Å². The van der Waals surface area contributed by atoms with Crippen LogP contribution in [-0.2, 0) is 6.42 Å². The number of aromatic nitrogens is 2. The highest BCUT2D eigenvalue weighted by molar-refractivity contribution is 6.33. The number of hydrogen-bond donors (Lipinski definition) is 2. The fourth-order valence-electron chi connectivity index (χ4n) is 2.96. The molecule has 0 spiro atoms. The highest BCUT2D eigenvalue weighted by atomic mass is 35.5. The topological polar surface area (TPSA) is 54.7 Å². The molecule has 0 radical (unpaired) electrons. The van der Waals surface area contributed by atoms with Gasteiger partial charge in [0, 0.05) is 22.1 Å². The summed E-state index contributed by atoms with van der Waals surface area (Å²) in [4.78, 5) is 7.97. The van der Waals surface area contributed by atoms with Gasteiger partial charge >= 0.3 is 0 Å². The van der Waals surface area contributed by atoms with Crippen LogP contribution < -0.4 is 5.73 Å². The van der Waals surface area contributed by atoms with Gasteiger partial charge in [0.05, 0.1) is 10.7 Å². The fraction of sp³-hybridized carbons (Fsp3) is 0.278. The number of nitrogens with one attached hydrogen (secondary N) is 1. The molecule has 1 aromatic carbocycles. The van der Waals surface area contributed by atoms with Crippen LogP contribution in [0.4, 0.5) is 0 Å².